The lowest BCUT2D eigenvalue weighted by Crippen LogP contribution is -2.96. The zero-order chi connectivity index (χ0) is 15.9. The van der Waals surface area contributed by atoms with Crippen molar-refractivity contribution in [3.8, 4) is 0 Å². The van der Waals surface area contributed by atoms with E-state index < -0.39 is 9.96 Å². The summed E-state index contributed by atoms with van der Waals surface area (Å²) in [6, 6.07) is 7.21. The maximum atomic E-state index is 12.2. The number of carbonyl (C=O) groups excluding carboxylic acids is 1. The first kappa shape index (κ1) is 18.5. The summed E-state index contributed by atoms with van der Waals surface area (Å²) in [5.41, 5.74) is 1.61. The van der Waals surface area contributed by atoms with Gasteiger partial charge in [-0.05, 0) is 19.1 Å². The molecule has 0 aromatic heterocycles. The lowest BCUT2D eigenvalue weighted by atomic mass is 10.1. The number of halogens is 3. The highest BCUT2D eigenvalue weighted by molar-refractivity contribution is 6.68. The van der Waals surface area contributed by atoms with Crippen molar-refractivity contribution in [1.82, 2.24) is 5.32 Å². The van der Waals surface area contributed by atoms with Crippen LogP contribution < -0.4 is 10.6 Å². The van der Waals surface area contributed by atoms with E-state index in [4.69, 9.17) is 39.5 Å². The lowest BCUT2D eigenvalue weighted by molar-refractivity contribution is -0.692. The van der Waals surface area contributed by atoms with Crippen molar-refractivity contribution in [2.75, 3.05) is 20.3 Å². The van der Waals surface area contributed by atoms with E-state index in [2.05, 4.69) is 5.32 Å². The van der Waals surface area contributed by atoms with Crippen LogP contribution in [-0.2, 0) is 4.74 Å². The topological polar surface area (TPSA) is 54.9 Å². The number of alkyl halides is 3. The SMILES string of the molecule is COCCC[NH2+][C@H](NC(=O)c1ccc(C)cc1)C(Cl)(Cl)Cl. The van der Waals surface area contributed by atoms with Crippen LogP contribution in [0.15, 0.2) is 24.3 Å². The van der Waals surface area contributed by atoms with E-state index in [-0.39, 0.29) is 5.91 Å². The van der Waals surface area contributed by atoms with Gasteiger partial charge in [-0.25, -0.2) is 0 Å². The molecule has 0 aliphatic carbocycles. The van der Waals surface area contributed by atoms with Crippen molar-refractivity contribution in [3.63, 3.8) is 0 Å². The summed E-state index contributed by atoms with van der Waals surface area (Å²) in [6.07, 6.45) is 0.141. The van der Waals surface area contributed by atoms with Crippen molar-refractivity contribution in [2.24, 2.45) is 0 Å². The van der Waals surface area contributed by atoms with Crippen LogP contribution in [0.1, 0.15) is 22.3 Å². The third-order valence-electron chi connectivity index (χ3n) is 2.91. The molecule has 1 amide bonds. The van der Waals surface area contributed by atoms with E-state index in [1.54, 1.807) is 24.6 Å². The van der Waals surface area contributed by atoms with Gasteiger partial charge < -0.3 is 10.1 Å². The first-order valence-electron chi connectivity index (χ1n) is 6.61. The number of carbonyl (C=O) groups is 1. The standard InChI is InChI=1S/C14H19Cl3N2O2/c1-10-4-6-11(7-5-10)12(20)19-13(14(15,16)17)18-8-3-9-21-2/h4-7,13,18H,3,8-9H2,1-2H3,(H,19,20)/p+1/t13-/m1/s1. The normalized spacial score (nSPS) is 13.0. The number of benzene rings is 1. The molecule has 3 N–H and O–H groups in total. The Morgan fingerprint density at radius 2 is 1.95 bits per heavy atom. The van der Waals surface area contributed by atoms with Crippen molar-refractivity contribution in [1.29, 1.82) is 0 Å². The fraction of sp³-hybridized carbons (Fsp3) is 0.500. The Hall–Kier alpha value is -0.520. The van der Waals surface area contributed by atoms with Gasteiger partial charge >= 0.3 is 0 Å². The molecule has 0 heterocycles. The molecule has 1 atom stereocenters. The number of nitrogens with one attached hydrogen (secondary N) is 1. The van der Waals surface area contributed by atoms with Gasteiger partial charge in [0.05, 0.1) is 13.2 Å². The first-order valence-corrected chi connectivity index (χ1v) is 7.74. The van der Waals surface area contributed by atoms with Crippen LogP contribution >= 0.6 is 34.8 Å². The molecule has 0 aliphatic heterocycles. The van der Waals surface area contributed by atoms with Crippen LogP contribution in [0, 0.1) is 6.92 Å². The highest BCUT2D eigenvalue weighted by Crippen LogP contribution is 2.27. The van der Waals surface area contributed by atoms with Gasteiger partial charge in [0.2, 0.25) is 6.17 Å². The lowest BCUT2D eigenvalue weighted by Gasteiger charge is -2.23. The van der Waals surface area contributed by atoms with Crippen molar-refractivity contribution >= 4 is 40.7 Å². The molecule has 1 rings (SSSR count). The van der Waals surface area contributed by atoms with Gasteiger partial charge in [0.15, 0.2) is 0 Å². The summed E-state index contributed by atoms with van der Waals surface area (Å²) in [6.45, 7) is 3.25. The molecule has 0 spiro atoms. The van der Waals surface area contributed by atoms with Gasteiger partial charge in [-0.2, -0.15) is 0 Å². The number of rotatable bonds is 7. The second kappa shape index (κ2) is 8.81. The predicted octanol–water partition coefficient (Wildman–Crippen LogP) is 2.02. The maximum Gasteiger partial charge on any atom is 0.262 e. The van der Waals surface area contributed by atoms with E-state index in [1.807, 2.05) is 19.1 Å². The smallest absolute Gasteiger partial charge is 0.262 e. The average Bonchev–Trinajstić information content (AvgIpc) is 2.41. The molecule has 7 heteroatoms. The molecule has 0 aliphatic rings. The largest absolute Gasteiger partial charge is 0.384 e. The second-order valence-corrected chi connectivity index (χ2v) is 7.10. The minimum absolute atomic E-state index is 0.269. The molecule has 0 bridgehead atoms. The summed E-state index contributed by atoms with van der Waals surface area (Å²) < 4.78 is 3.37. The van der Waals surface area contributed by atoms with E-state index in [0.717, 1.165) is 12.0 Å². The monoisotopic (exact) mass is 353 g/mol. The Bertz CT molecular complexity index is 447. The molecule has 0 saturated heterocycles. The van der Waals surface area contributed by atoms with Crippen LogP contribution in [0.3, 0.4) is 0 Å². The fourth-order valence-corrected chi connectivity index (χ4v) is 2.15. The third-order valence-corrected chi connectivity index (χ3v) is 3.61. The Kier molecular flexibility index (Phi) is 7.77. The number of methoxy groups -OCH3 is 1. The van der Waals surface area contributed by atoms with E-state index in [1.165, 1.54) is 0 Å². The molecule has 1 aromatic rings. The number of hydrogen-bond donors (Lipinski definition) is 2. The average molecular weight is 355 g/mol. The zero-order valence-corrected chi connectivity index (χ0v) is 14.3. The summed E-state index contributed by atoms with van der Waals surface area (Å²) in [4.78, 5) is 12.2. The minimum atomic E-state index is -1.59. The number of quaternary nitrogens is 1. The molecular formula is C14H20Cl3N2O2+. The first-order chi connectivity index (χ1) is 9.84. The number of nitrogens with two attached hydrogens (primary N) is 1. The van der Waals surface area contributed by atoms with E-state index >= 15 is 0 Å². The molecule has 118 valence electrons. The molecule has 0 fully saturated rings. The van der Waals surface area contributed by atoms with Gasteiger partial charge in [0.1, 0.15) is 0 Å². The Morgan fingerprint density at radius 3 is 2.48 bits per heavy atom. The van der Waals surface area contributed by atoms with Gasteiger partial charge in [-0.3, -0.25) is 10.1 Å². The Balaban J connectivity index is 2.63. The summed E-state index contributed by atoms with van der Waals surface area (Å²) >= 11 is 17.8. The summed E-state index contributed by atoms with van der Waals surface area (Å²) in [5, 5.41) is 4.53. The van der Waals surface area contributed by atoms with Crippen LogP contribution in [-0.4, -0.2) is 36.1 Å². The highest BCUT2D eigenvalue weighted by atomic mass is 35.6. The Labute approximate surface area is 140 Å². The molecule has 0 unspecified atom stereocenters. The number of aryl methyl sites for hydroxylation is 1. The molecule has 21 heavy (non-hydrogen) atoms. The van der Waals surface area contributed by atoms with Gasteiger partial charge in [-0.15, -0.1) is 0 Å². The number of ether oxygens (including phenoxy) is 1. The van der Waals surface area contributed by atoms with E-state index in [9.17, 15) is 4.79 Å². The quantitative estimate of drug-likeness (QED) is 0.447. The predicted molar refractivity (Wildman–Crippen MR) is 86.0 cm³/mol. The summed E-state index contributed by atoms with van der Waals surface area (Å²) in [5.74, 6) is -0.269. The molecule has 1 aromatic carbocycles. The maximum absolute atomic E-state index is 12.2. The van der Waals surface area contributed by atoms with E-state index in [0.29, 0.717) is 18.7 Å². The van der Waals surface area contributed by atoms with Gasteiger partial charge in [0, 0.05) is 19.1 Å². The highest BCUT2D eigenvalue weighted by Gasteiger charge is 2.37. The van der Waals surface area contributed by atoms with Gasteiger partial charge in [-0.1, -0.05) is 52.5 Å². The zero-order valence-electron chi connectivity index (χ0n) is 12.0. The van der Waals surface area contributed by atoms with Crippen molar-refractivity contribution < 1.29 is 14.8 Å². The number of amides is 1. The summed E-state index contributed by atoms with van der Waals surface area (Å²) in [7, 11) is 1.63. The molecule has 0 radical (unpaired) electrons. The fourth-order valence-electron chi connectivity index (χ4n) is 1.72. The van der Waals surface area contributed by atoms with Gasteiger partial charge in [0.25, 0.3) is 9.70 Å². The third kappa shape index (κ3) is 6.85. The molecule has 0 saturated carbocycles. The second-order valence-electron chi connectivity index (χ2n) is 4.73. The molecular weight excluding hydrogens is 335 g/mol. The van der Waals surface area contributed by atoms with Crippen molar-refractivity contribution in [2.45, 2.75) is 23.3 Å². The van der Waals surface area contributed by atoms with Crippen LogP contribution in [0.25, 0.3) is 0 Å². The minimum Gasteiger partial charge on any atom is -0.384 e. The van der Waals surface area contributed by atoms with Crippen molar-refractivity contribution in [3.05, 3.63) is 35.4 Å². The number of hydrogen-bond acceptors (Lipinski definition) is 2. The molecule has 4 nitrogen and oxygen atoms in total. The van der Waals surface area contributed by atoms with Crippen LogP contribution in [0.5, 0.6) is 0 Å². The van der Waals surface area contributed by atoms with Crippen LogP contribution in [0.2, 0.25) is 0 Å². The van der Waals surface area contributed by atoms with Crippen LogP contribution in [0.4, 0.5) is 0 Å². The Morgan fingerprint density at radius 1 is 1.33 bits per heavy atom.